The zero-order chi connectivity index (χ0) is 13.8. The molecule has 0 amide bonds. The fourth-order valence-corrected chi connectivity index (χ4v) is 1.74. The van der Waals surface area contributed by atoms with Gasteiger partial charge in [0.25, 0.3) is 0 Å². The molecule has 1 rings (SSSR count). The normalized spacial score (nSPS) is 14.1. The van der Waals surface area contributed by atoms with Crippen LogP contribution in [-0.2, 0) is 0 Å². The summed E-state index contributed by atoms with van der Waals surface area (Å²) in [5, 5.41) is 12.3. The van der Waals surface area contributed by atoms with Crippen LogP contribution < -0.4 is 10.1 Å². The van der Waals surface area contributed by atoms with Crippen molar-refractivity contribution < 1.29 is 9.13 Å². The second-order valence-corrected chi connectivity index (χ2v) is 4.94. The van der Waals surface area contributed by atoms with Crippen LogP contribution >= 0.6 is 0 Å². The molecule has 1 aromatic rings. The summed E-state index contributed by atoms with van der Waals surface area (Å²) < 4.78 is 18.5. The first-order valence-electron chi connectivity index (χ1n) is 5.94. The third-order valence-electron chi connectivity index (χ3n) is 2.51. The summed E-state index contributed by atoms with van der Waals surface area (Å²) in [5.41, 5.74) is -0.0329. The Kier molecular flexibility index (Phi) is 4.69. The van der Waals surface area contributed by atoms with Crippen molar-refractivity contribution >= 4 is 0 Å². The van der Waals surface area contributed by atoms with Gasteiger partial charge in [-0.25, -0.2) is 4.39 Å². The van der Waals surface area contributed by atoms with Crippen molar-refractivity contribution in [1.29, 1.82) is 5.26 Å². The van der Waals surface area contributed by atoms with E-state index in [1.54, 1.807) is 19.9 Å². The van der Waals surface area contributed by atoms with Crippen molar-refractivity contribution in [1.82, 2.24) is 5.32 Å². The molecule has 3 nitrogen and oxygen atoms in total. The highest BCUT2D eigenvalue weighted by Gasteiger charge is 2.25. The van der Waals surface area contributed by atoms with Crippen LogP contribution in [0.1, 0.15) is 26.3 Å². The molecule has 0 aliphatic heterocycles. The number of nitriles is 1. The Labute approximate surface area is 108 Å². The standard InChI is InChI=1S/C14H19FN2O/c1-10(2)17-14(4,8-16)9-18-13-6-5-12(15)7-11(13)3/h5-7,10,17H,9H2,1-4H3. The monoisotopic (exact) mass is 250 g/mol. The van der Waals surface area contributed by atoms with Gasteiger partial charge in [-0.3, -0.25) is 5.32 Å². The fraction of sp³-hybridized carbons (Fsp3) is 0.500. The smallest absolute Gasteiger partial charge is 0.138 e. The Morgan fingerprint density at radius 2 is 2.17 bits per heavy atom. The topological polar surface area (TPSA) is 45.0 Å². The van der Waals surface area contributed by atoms with Gasteiger partial charge in [-0.1, -0.05) is 0 Å². The summed E-state index contributed by atoms with van der Waals surface area (Å²) >= 11 is 0. The number of nitrogens with zero attached hydrogens (tertiary/aromatic N) is 1. The second-order valence-electron chi connectivity index (χ2n) is 4.94. The first kappa shape index (κ1) is 14.5. The van der Waals surface area contributed by atoms with Crippen molar-refractivity contribution in [2.75, 3.05) is 6.61 Å². The largest absolute Gasteiger partial charge is 0.490 e. The molecule has 0 bridgehead atoms. The molecule has 0 fully saturated rings. The third kappa shape index (κ3) is 4.01. The molecular formula is C14H19FN2O. The van der Waals surface area contributed by atoms with Crippen LogP contribution in [0.2, 0.25) is 0 Å². The van der Waals surface area contributed by atoms with E-state index in [-0.39, 0.29) is 18.5 Å². The van der Waals surface area contributed by atoms with Gasteiger partial charge < -0.3 is 4.74 Å². The molecule has 0 saturated carbocycles. The number of rotatable bonds is 5. The number of nitrogens with one attached hydrogen (secondary N) is 1. The Morgan fingerprint density at radius 1 is 1.50 bits per heavy atom. The summed E-state index contributed by atoms with van der Waals surface area (Å²) in [6, 6.07) is 6.73. The molecule has 1 N–H and O–H groups in total. The van der Waals surface area contributed by atoms with Crippen LogP contribution in [0.25, 0.3) is 0 Å². The molecule has 0 radical (unpaired) electrons. The van der Waals surface area contributed by atoms with Gasteiger partial charge in [0.05, 0.1) is 6.07 Å². The lowest BCUT2D eigenvalue weighted by Gasteiger charge is -2.26. The number of ether oxygens (including phenoxy) is 1. The Hall–Kier alpha value is -1.60. The maximum absolute atomic E-state index is 12.9. The zero-order valence-electron chi connectivity index (χ0n) is 11.2. The maximum Gasteiger partial charge on any atom is 0.138 e. The number of hydrogen-bond donors (Lipinski definition) is 1. The number of hydrogen-bond acceptors (Lipinski definition) is 3. The molecule has 1 unspecified atom stereocenters. The average Bonchev–Trinajstić information content (AvgIpc) is 2.27. The van der Waals surface area contributed by atoms with Crippen LogP contribution in [0.15, 0.2) is 18.2 Å². The molecular weight excluding hydrogens is 231 g/mol. The summed E-state index contributed by atoms with van der Waals surface area (Å²) in [4.78, 5) is 0. The van der Waals surface area contributed by atoms with E-state index in [1.165, 1.54) is 12.1 Å². The van der Waals surface area contributed by atoms with Crippen molar-refractivity contribution in [3.05, 3.63) is 29.6 Å². The molecule has 0 aliphatic rings. The molecule has 0 saturated heterocycles. The minimum absolute atomic E-state index is 0.188. The molecule has 0 aromatic heterocycles. The van der Waals surface area contributed by atoms with Gasteiger partial charge in [0.2, 0.25) is 0 Å². The van der Waals surface area contributed by atoms with Gasteiger partial charge >= 0.3 is 0 Å². The summed E-state index contributed by atoms with van der Waals surface area (Å²) in [7, 11) is 0. The highest BCUT2D eigenvalue weighted by Crippen LogP contribution is 2.19. The molecule has 4 heteroatoms. The highest BCUT2D eigenvalue weighted by atomic mass is 19.1. The minimum Gasteiger partial charge on any atom is -0.490 e. The van der Waals surface area contributed by atoms with E-state index < -0.39 is 5.54 Å². The van der Waals surface area contributed by atoms with E-state index in [9.17, 15) is 9.65 Å². The molecule has 1 aromatic carbocycles. The van der Waals surface area contributed by atoms with Crippen LogP contribution in [0.4, 0.5) is 4.39 Å². The van der Waals surface area contributed by atoms with Crippen molar-refractivity contribution in [2.24, 2.45) is 0 Å². The van der Waals surface area contributed by atoms with E-state index in [4.69, 9.17) is 4.74 Å². The number of aryl methyl sites for hydroxylation is 1. The molecule has 0 spiro atoms. The lowest BCUT2D eigenvalue weighted by atomic mass is 10.1. The Bertz CT molecular complexity index is 454. The lowest BCUT2D eigenvalue weighted by molar-refractivity contribution is 0.224. The molecule has 18 heavy (non-hydrogen) atoms. The van der Waals surface area contributed by atoms with Gasteiger partial charge in [-0.05, 0) is 51.5 Å². The predicted molar refractivity (Wildman–Crippen MR) is 68.9 cm³/mol. The molecule has 0 heterocycles. The quantitative estimate of drug-likeness (QED) is 0.874. The van der Waals surface area contributed by atoms with E-state index in [0.717, 1.165) is 5.56 Å². The SMILES string of the molecule is Cc1cc(F)ccc1OCC(C)(C#N)NC(C)C. The highest BCUT2D eigenvalue weighted by molar-refractivity contribution is 5.32. The van der Waals surface area contributed by atoms with Crippen LogP contribution in [-0.4, -0.2) is 18.2 Å². The van der Waals surface area contributed by atoms with Gasteiger partial charge in [-0.2, -0.15) is 5.26 Å². The van der Waals surface area contributed by atoms with E-state index in [2.05, 4.69) is 11.4 Å². The summed E-state index contributed by atoms with van der Waals surface area (Å²) in [6.45, 7) is 7.72. The third-order valence-corrected chi connectivity index (χ3v) is 2.51. The maximum atomic E-state index is 12.9. The molecule has 1 atom stereocenters. The molecule has 0 aliphatic carbocycles. The summed E-state index contributed by atoms with van der Waals surface area (Å²) in [6.07, 6.45) is 0. The van der Waals surface area contributed by atoms with E-state index in [1.807, 2.05) is 13.8 Å². The molecule has 98 valence electrons. The predicted octanol–water partition coefficient (Wildman–Crippen LogP) is 2.79. The van der Waals surface area contributed by atoms with Gasteiger partial charge in [-0.15, -0.1) is 0 Å². The Balaban J connectivity index is 2.71. The van der Waals surface area contributed by atoms with Gasteiger partial charge in [0, 0.05) is 6.04 Å². The van der Waals surface area contributed by atoms with Gasteiger partial charge in [0.1, 0.15) is 23.7 Å². The average molecular weight is 250 g/mol. The van der Waals surface area contributed by atoms with E-state index in [0.29, 0.717) is 5.75 Å². The van der Waals surface area contributed by atoms with Gasteiger partial charge in [0.15, 0.2) is 0 Å². The van der Waals surface area contributed by atoms with Crippen LogP contribution in [0, 0.1) is 24.1 Å². The van der Waals surface area contributed by atoms with E-state index >= 15 is 0 Å². The zero-order valence-corrected chi connectivity index (χ0v) is 11.2. The van der Waals surface area contributed by atoms with Crippen LogP contribution in [0.5, 0.6) is 5.75 Å². The fourth-order valence-electron chi connectivity index (χ4n) is 1.74. The van der Waals surface area contributed by atoms with Crippen molar-refractivity contribution in [2.45, 2.75) is 39.3 Å². The second kappa shape index (κ2) is 5.83. The Morgan fingerprint density at radius 3 is 2.67 bits per heavy atom. The number of benzene rings is 1. The van der Waals surface area contributed by atoms with Crippen molar-refractivity contribution in [3.63, 3.8) is 0 Å². The summed E-state index contributed by atoms with van der Waals surface area (Å²) in [5.74, 6) is 0.312. The first-order valence-corrected chi connectivity index (χ1v) is 5.94. The van der Waals surface area contributed by atoms with Crippen molar-refractivity contribution in [3.8, 4) is 11.8 Å². The first-order chi connectivity index (χ1) is 8.36. The minimum atomic E-state index is -0.755. The van der Waals surface area contributed by atoms with Crippen LogP contribution in [0.3, 0.4) is 0 Å². The number of halogens is 1. The lowest BCUT2D eigenvalue weighted by Crippen LogP contribution is -2.49.